The van der Waals surface area contributed by atoms with Gasteiger partial charge < -0.3 is 25.5 Å². The van der Waals surface area contributed by atoms with Gasteiger partial charge in [-0.3, -0.25) is 19.6 Å². The molecule has 0 aliphatic rings. The second-order valence-corrected chi connectivity index (χ2v) is 13.7. The molecule has 6 aromatic rings. The standard InChI is InChI=1S/C21H17BrF2N2O2.C19H22FN3O2/c1-12-18(21(27)26-11-13-3-5-14(28-2)6-4-13)15(9-10-25-12)16-7-8-17(22)20(24)19(16)23;1-10(2)8-12(21)9-25-15-5-4-14-13-6-7-22-11(3)16(13)19(24)23-18(14)17(15)20/h3-10H,11H2,1-2H3,(H,26,27);4-7,10,12H,8-9,21H2,1-3H3,(H,23,24)/t;12-/m.0/s1. The number of H-pyrrole nitrogens is 1. The van der Waals surface area contributed by atoms with Crippen LogP contribution in [0.1, 0.15) is 47.6 Å². The fraction of sp³-hybridized carbons (Fsp3) is 0.250. The summed E-state index contributed by atoms with van der Waals surface area (Å²) in [4.78, 5) is 36.0. The molecule has 1 amide bonds. The van der Waals surface area contributed by atoms with Crippen LogP contribution in [0.25, 0.3) is 32.8 Å². The van der Waals surface area contributed by atoms with E-state index in [0.717, 1.165) is 12.0 Å². The van der Waals surface area contributed by atoms with Gasteiger partial charge in [-0.15, -0.1) is 0 Å². The van der Waals surface area contributed by atoms with Gasteiger partial charge in [-0.25, -0.2) is 13.2 Å². The topological polar surface area (TPSA) is 132 Å². The quantitative estimate of drug-likeness (QED) is 0.0940. The first-order valence-electron chi connectivity index (χ1n) is 16.8. The Morgan fingerprint density at radius 1 is 0.887 bits per heavy atom. The van der Waals surface area contributed by atoms with Gasteiger partial charge in [0.05, 0.1) is 39.4 Å². The molecular weight excluding hydrogens is 751 g/mol. The smallest absolute Gasteiger partial charge is 0.258 e. The molecule has 3 aromatic heterocycles. The van der Waals surface area contributed by atoms with E-state index in [9.17, 15) is 22.8 Å². The summed E-state index contributed by atoms with van der Waals surface area (Å²) in [6.07, 6.45) is 3.87. The average Bonchev–Trinajstić information content (AvgIpc) is 3.13. The van der Waals surface area contributed by atoms with Gasteiger partial charge >= 0.3 is 0 Å². The second kappa shape index (κ2) is 17.0. The van der Waals surface area contributed by atoms with E-state index in [1.165, 1.54) is 24.4 Å². The van der Waals surface area contributed by atoms with Crippen LogP contribution in [0.5, 0.6) is 11.5 Å². The maximum Gasteiger partial charge on any atom is 0.258 e. The van der Waals surface area contributed by atoms with E-state index in [-0.39, 0.29) is 57.2 Å². The number of halogens is 4. The molecule has 0 spiro atoms. The van der Waals surface area contributed by atoms with E-state index in [4.69, 9.17) is 15.2 Å². The molecule has 1 atom stereocenters. The summed E-state index contributed by atoms with van der Waals surface area (Å²) >= 11 is 2.96. The highest BCUT2D eigenvalue weighted by Crippen LogP contribution is 2.32. The molecule has 6 rings (SSSR count). The zero-order valence-corrected chi connectivity index (χ0v) is 31.4. The monoisotopic (exact) mass is 789 g/mol. The van der Waals surface area contributed by atoms with E-state index in [1.54, 1.807) is 57.5 Å². The van der Waals surface area contributed by atoms with Crippen LogP contribution in [0.2, 0.25) is 0 Å². The molecule has 9 nitrogen and oxygen atoms in total. The van der Waals surface area contributed by atoms with Gasteiger partial charge in [0.2, 0.25) is 0 Å². The lowest BCUT2D eigenvalue weighted by molar-refractivity contribution is 0.0950. The molecule has 3 heterocycles. The third-order valence-corrected chi connectivity index (χ3v) is 9.15. The molecule has 53 heavy (non-hydrogen) atoms. The lowest BCUT2D eigenvalue weighted by atomic mass is 9.98. The Morgan fingerprint density at radius 3 is 2.28 bits per heavy atom. The van der Waals surface area contributed by atoms with Crippen LogP contribution in [0.3, 0.4) is 0 Å². The number of methoxy groups -OCH3 is 1. The molecule has 0 bridgehead atoms. The number of carbonyl (C=O) groups excluding carboxylic acids is 1. The van der Waals surface area contributed by atoms with E-state index in [1.807, 2.05) is 12.1 Å². The molecule has 0 saturated carbocycles. The average molecular weight is 791 g/mol. The number of aryl methyl sites for hydroxylation is 2. The second-order valence-electron chi connectivity index (χ2n) is 12.8. The Bertz CT molecular complexity index is 2330. The molecule has 0 fully saturated rings. The first-order valence-corrected chi connectivity index (χ1v) is 17.6. The minimum atomic E-state index is -1.02. The van der Waals surface area contributed by atoms with Crippen LogP contribution in [-0.4, -0.2) is 40.6 Å². The summed E-state index contributed by atoms with van der Waals surface area (Å²) in [6.45, 7) is 8.05. The maximum absolute atomic E-state index is 14.8. The fourth-order valence-corrected chi connectivity index (χ4v) is 6.27. The number of pyridine rings is 3. The molecule has 0 aliphatic carbocycles. The van der Waals surface area contributed by atoms with Crippen LogP contribution >= 0.6 is 15.9 Å². The highest BCUT2D eigenvalue weighted by molar-refractivity contribution is 9.10. The van der Waals surface area contributed by atoms with Crippen molar-refractivity contribution in [2.24, 2.45) is 11.7 Å². The Morgan fingerprint density at radius 2 is 1.58 bits per heavy atom. The number of carbonyl (C=O) groups is 1. The Balaban J connectivity index is 0.000000206. The van der Waals surface area contributed by atoms with Gasteiger partial charge in [0.1, 0.15) is 12.4 Å². The summed E-state index contributed by atoms with van der Waals surface area (Å²) < 4.78 is 54.0. The highest BCUT2D eigenvalue weighted by atomic mass is 79.9. The molecule has 0 saturated heterocycles. The number of rotatable bonds is 10. The van der Waals surface area contributed by atoms with Gasteiger partial charge in [-0.1, -0.05) is 32.0 Å². The number of hydrogen-bond acceptors (Lipinski definition) is 7. The zero-order valence-electron chi connectivity index (χ0n) is 29.8. The summed E-state index contributed by atoms with van der Waals surface area (Å²) in [5, 5.41) is 4.57. The van der Waals surface area contributed by atoms with Crippen LogP contribution < -0.4 is 26.1 Å². The molecule has 0 unspecified atom stereocenters. The number of benzene rings is 3. The van der Waals surface area contributed by atoms with Crippen molar-refractivity contribution in [1.29, 1.82) is 0 Å². The molecule has 0 aliphatic heterocycles. The SMILES string of the molecule is COc1ccc(CNC(=O)c2c(-c3ccc(Br)c(F)c3F)ccnc2C)cc1.Cc1nccc2c1c(=O)[nH]c1c(F)c(OC[C@@H](N)CC(C)C)ccc12. The number of nitrogens with zero attached hydrogens (tertiary/aromatic N) is 2. The Hall–Kier alpha value is -5.27. The lowest BCUT2D eigenvalue weighted by Crippen LogP contribution is -2.29. The van der Waals surface area contributed by atoms with Crippen molar-refractivity contribution in [3.05, 3.63) is 128 Å². The lowest BCUT2D eigenvalue weighted by Gasteiger charge is -2.16. The predicted octanol–water partition coefficient (Wildman–Crippen LogP) is 8.31. The Kier molecular flexibility index (Phi) is 12.5. The minimum absolute atomic E-state index is 0.000738. The molecule has 3 aromatic carbocycles. The summed E-state index contributed by atoms with van der Waals surface area (Å²) in [6, 6.07) is 16.5. The predicted molar refractivity (Wildman–Crippen MR) is 204 cm³/mol. The highest BCUT2D eigenvalue weighted by Gasteiger charge is 2.21. The van der Waals surface area contributed by atoms with Crippen molar-refractivity contribution in [3.8, 4) is 22.6 Å². The van der Waals surface area contributed by atoms with E-state index in [2.05, 4.69) is 50.0 Å². The van der Waals surface area contributed by atoms with E-state index < -0.39 is 23.4 Å². The number of fused-ring (bicyclic) bond motifs is 3. The Labute approximate surface area is 312 Å². The van der Waals surface area contributed by atoms with Gasteiger partial charge in [-0.05, 0) is 95.5 Å². The number of amides is 1. The van der Waals surface area contributed by atoms with Crippen molar-refractivity contribution in [2.45, 2.75) is 46.7 Å². The number of nitrogens with one attached hydrogen (secondary N) is 2. The summed E-state index contributed by atoms with van der Waals surface area (Å²) in [5.74, 6) is -1.78. The normalized spacial score (nSPS) is 11.7. The van der Waals surface area contributed by atoms with Gasteiger partial charge in [-0.2, -0.15) is 0 Å². The number of ether oxygens (including phenoxy) is 2. The molecule has 4 N–H and O–H groups in total. The summed E-state index contributed by atoms with van der Waals surface area (Å²) in [5.41, 5.74) is 8.16. The van der Waals surface area contributed by atoms with Crippen LogP contribution in [0.15, 0.2) is 82.3 Å². The number of hydrogen-bond donors (Lipinski definition) is 3. The van der Waals surface area contributed by atoms with Crippen molar-refractivity contribution >= 4 is 43.5 Å². The third kappa shape index (κ3) is 8.86. The zero-order chi connectivity index (χ0) is 38.4. The minimum Gasteiger partial charge on any atom is -0.497 e. The van der Waals surface area contributed by atoms with Gasteiger partial charge in [0.25, 0.3) is 11.5 Å². The maximum atomic E-state index is 14.8. The first-order chi connectivity index (χ1) is 25.3. The number of aromatic amines is 1. The summed E-state index contributed by atoms with van der Waals surface area (Å²) in [7, 11) is 1.58. The molecule has 0 radical (unpaired) electrons. The number of nitrogens with two attached hydrogens (primary N) is 1. The fourth-order valence-electron chi connectivity index (χ4n) is 5.96. The third-order valence-electron chi connectivity index (χ3n) is 8.53. The van der Waals surface area contributed by atoms with Gasteiger partial charge in [0.15, 0.2) is 23.2 Å². The van der Waals surface area contributed by atoms with Crippen molar-refractivity contribution < 1.29 is 27.4 Å². The molecule has 276 valence electrons. The van der Waals surface area contributed by atoms with Gasteiger partial charge in [0, 0.05) is 41.5 Å². The van der Waals surface area contributed by atoms with E-state index >= 15 is 0 Å². The van der Waals surface area contributed by atoms with Crippen molar-refractivity contribution in [2.75, 3.05) is 13.7 Å². The largest absolute Gasteiger partial charge is 0.497 e. The van der Waals surface area contributed by atoms with Crippen LogP contribution in [0, 0.1) is 37.2 Å². The number of aromatic nitrogens is 3. The van der Waals surface area contributed by atoms with Crippen molar-refractivity contribution in [1.82, 2.24) is 20.3 Å². The molecular formula is C40H39BrF3N5O4. The van der Waals surface area contributed by atoms with E-state index in [0.29, 0.717) is 39.2 Å². The first kappa shape index (κ1) is 38.9. The van der Waals surface area contributed by atoms with Crippen molar-refractivity contribution in [3.63, 3.8) is 0 Å². The van der Waals surface area contributed by atoms with Crippen LogP contribution in [0.4, 0.5) is 13.2 Å². The van der Waals surface area contributed by atoms with Crippen LogP contribution in [-0.2, 0) is 6.54 Å². The molecule has 13 heteroatoms.